The number of H-pyrrole nitrogens is 1. The van der Waals surface area contributed by atoms with Crippen molar-refractivity contribution in [2.75, 3.05) is 0 Å². The summed E-state index contributed by atoms with van der Waals surface area (Å²) in [5.41, 5.74) is 1.05. The number of hydrogen-bond acceptors (Lipinski definition) is 1. The highest BCUT2D eigenvalue weighted by molar-refractivity contribution is 5.42. The number of aromatic nitrogens is 2. The molecule has 1 aromatic heterocycles. The third kappa shape index (κ3) is 5.40. The van der Waals surface area contributed by atoms with Crippen molar-refractivity contribution in [2.24, 2.45) is 0 Å². The van der Waals surface area contributed by atoms with Gasteiger partial charge in [0.15, 0.2) is 0 Å². The summed E-state index contributed by atoms with van der Waals surface area (Å²) in [6, 6.07) is 1.92. The van der Waals surface area contributed by atoms with Gasteiger partial charge in [0, 0.05) is 6.20 Å². The number of hydrogen-bond donors (Lipinski definition) is 1. The van der Waals surface area contributed by atoms with Gasteiger partial charge in [-0.25, -0.2) is 0 Å². The van der Waals surface area contributed by atoms with Gasteiger partial charge in [-0.15, -0.1) is 0 Å². The molecule has 0 fully saturated rings. The quantitative estimate of drug-likeness (QED) is 0.661. The van der Waals surface area contributed by atoms with Crippen molar-refractivity contribution in [1.29, 1.82) is 0 Å². The highest BCUT2D eigenvalue weighted by atomic mass is 15.1. The van der Waals surface area contributed by atoms with Gasteiger partial charge >= 0.3 is 0 Å². The normalized spacial score (nSPS) is 8.27. The lowest BCUT2D eigenvalue weighted by molar-refractivity contribution is 1.08. The van der Waals surface area contributed by atoms with Crippen LogP contribution in [0.1, 0.15) is 33.9 Å². The van der Waals surface area contributed by atoms with Crippen LogP contribution >= 0.6 is 0 Å². The molecule has 0 aliphatic heterocycles. The van der Waals surface area contributed by atoms with E-state index in [-0.39, 0.29) is 7.43 Å². The third-order valence-corrected chi connectivity index (χ3v) is 0.869. The van der Waals surface area contributed by atoms with Gasteiger partial charge in [0.05, 0.1) is 5.69 Å². The molecule has 1 aromatic rings. The first kappa shape index (κ1) is 12.6. The van der Waals surface area contributed by atoms with Crippen LogP contribution in [-0.4, -0.2) is 10.2 Å². The lowest BCUT2D eigenvalue weighted by atomic mass is 10.4. The van der Waals surface area contributed by atoms with Crippen LogP contribution in [0.5, 0.6) is 0 Å². The average molecular weight is 154 g/mol. The van der Waals surface area contributed by atoms with Crippen molar-refractivity contribution < 1.29 is 0 Å². The maximum atomic E-state index is 3.76. The Kier molecular flexibility index (Phi) is 10.3. The smallest absolute Gasteiger partial charge is 0.0574 e. The van der Waals surface area contributed by atoms with Crippen molar-refractivity contribution >= 4 is 6.08 Å². The molecule has 64 valence electrons. The molecule has 0 bridgehead atoms. The zero-order valence-corrected chi connectivity index (χ0v) is 6.76. The zero-order valence-electron chi connectivity index (χ0n) is 6.76. The molecule has 2 heteroatoms. The zero-order chi connectivity index (χ0) is 7.82. The fourth-order valence-electron chi connectivity index (χ4n) is 0.539. The lowest BCUT2D eigenvalue weighted by Crippen LogP contribution is -1.67. The summed E-state index contributed by atoms with van der Waals surface area (Å²) < 4.78 is 0. The van der Waals surface area contributed by atoms with Crippen LogP contribution in [0.4, 0.5) is 0 Å². The van der Waals surface area contributed by atoms with Crippen molar-refractivity contribution in [1.82, 2.24) is 10.2 Å². The molecule has 1 heterocycles. The van der Waals surface area contributed by atoms with Gasteiger partial charge < -0.3 is 0 Å². The van der Waals surface area contributed by atoms with E-state index in [4.69, 9.17) is 0 Å². The minimum absolute atomic E-state index is 0. The van der Waals surface area contributed by atoms with E-state index in [9.17, 15) is 0 Å². The second-order valence-corrected chi connectivity index (χ2v) is 1.51. The Balaban J connectivity index is 0. The second kappa shape index (κ2) is 8.95. The average Bonchev–Trinajstić information content (AvgIpc) is 2.46. The summed E-state index contributed by atoms with van der Waals surface area (Å²) in [5, 5.41) is 6.57. The van der Waals surface area contributed by atoms with Crippen LogP contribution in [0.15, 0.2) is 18.3 Å². The molecular formula is C9H18N2. The van der Waals surface area contributed by atoms with Gasteiger partial charge in [-0.05, 0) is 19.1 Å². The second-order valence-electron chi connectivity index (χ2n) is 1.51. The molecule has 1 N–H and O–H groups in total. The van der Waals surface area contributed by atoms with Crippen LogP contribution in [0.25, 0.3) is 6.08 Å². The maximum absolute atomic E-state index is 3.76. The molecule has 0 radical (unpaired) electrons. The maximum Gasteiger partial charge on any atom is 0.0574 e. The molecule has 11 heavy (non-hydrogen) atoms. The Bertz CT molecular complexity index is 164. The van der Waals surface area contributed by atoms with E-state index in [1.807, 2.05) is 39.0 Å². The SMILES string of the molecule is C.C/C=C/c1ccn[nH]1.CC. The molecule has 0 amide bonds. The molecule has 0 spiro atoms. The van der Waals surface area contributed by atoms with Gasteiger partial charge in [-0.1, -0.05) is 27.4 Å². The van der Waals surface area contributed by atoms with E-state index in [1.54, 1.807) is 6.20 Å². The predicted octanol–water partition coefficient (Wildman–Crippen LogP) is 3.11. The molecular weight excluding hydrogens is 136 g/mol. The van der Waals surface area contributed by atoms with E-state index < -0.39 is 0 Å². The van der Waals surface area contributed by atoms with Crippen LogP contribution in [-0.2, 0) is 0 Å². The number of allylic oxidation sites excluding steroid dienone is 1. The van der Waals surface area contributed by atoms with Crippen molar-refractivity contribution in [2.45, 2.75) is 28.2 Å². The number of nitrogens with zero attached hydrogens (tertiary/aromatic N) is 1. The predicted molar refractivity (Wildman–Crippen MR) is 51.4 cm³/mol. The molecule has 2 nitrogen and oxygen atoms in total. The summed E-state index contributed by atoms with van der Waals surface area (Å²) in [7, 11) is 0. The van der Waals surface area contributed by atoms with Crippen LogP contribution in [0, 0.1) is 0 Å². The largest absolute Gasteiger partial charge is 0.278 e. The molecule has 0 unspecified atom stereocenters. The monoisotopic (exact) mass is 154 g/mol. The van der Waals surface area contributed by atoms with E-state index in [0.29, 0.717) is 0 Å². The lowest BCUT2D eigenvalue weighted by Gasteiger charge is -1.76. The van der Waals surface area contributed by atoms with Gasteiger partial charge in [0.25, 0.3) is 0 Å². The first-order valence-electron chi connectivity index (χ1n) is 3.55. The van der Waals surface area contributed by atoms with Crippen molar-refractivity contribution in [3.05, 3.63) is 24.0 Å². The van der Waals surface area contributed by atoms with Gasteiger partial charge in [-0.2, -0.15) is 5.10 Å². The Morgan fingerprint density at radius 1 is 1.45 bits per heavy atom. The van der Waals surface area contributed by atoms with Crippen molar-refractivity contribution in [3.63, 3.8) is 0 Å². The van der Waals surface area contributed by atoms with E-state index >= 15 is 0 Å². The molecule has 1 rings (SSSR count). The minimum Gasteiger partial charge on any atom is -0.278 e. The molecule has 0 aliphatic carbocycles. The Morgan fingerprint density at radius 3 is 2.45 bits per heavy atom. The summed E-state index contributed by atoms with van der Waals surface area (Å²) >= 11 is 0. The number of rotatable bonds is 1. The van der Waals surface area contributed by atoms with E-state index in [2.05, 4.69) is 10.2 Å². The van der Waals surface area contributed by atoms with E-state index in [1.165, 1.54) is 0 Å². The van der Waals surface area contributed by atoms with Crippen LogP contribution in [0.2, 0.25) is 0 Å². The molecule has 0 aromatic carbocycles. The third-order valence-electron chi connectivity index (χ3n) is 0.869. The summed E-state index contributed by atoms with van der Waals surface area (Å²) in [5.74, 6) is 0. The van der Waals surface area contributed by atoms with Gasteiger partial charge in [-0.3, -0.25) is 5.10 Å². The molecule has 0 saturated heterocycles. The summed E-state index contributed by atoms with van der Waals surface area (Å²) in [6.45, 7) is 5.97. The standard InChI is InChI=1S/C6H8N2.C2H6.CH4/c1-2-3-6-4-5-7-8-6;1-2;/h2-5H,1H3,(H,7,8);1-2H3;1H4/b3-2+;;. The fraction of sp³-hybridized carbons (Fsp3) is 0.444. The van der Waals surface area contributed by atoms with Gasteiger partial charge in [0.2, 0.25) is 0 Å². The number of aromatic amines is 1. The first-order chi connectivity index (χ1) is 4.93. The Labute approximate surface area is 69.3 Å². The summed E-state index contributed by atoms with van der Waals surface area (Å²) in [6.07, 6.45) is 5.66. The highest BCUT2D eigenvalue weighted by Crippen LogP contribution is 1.92. The molecule has 0 atom stereocenters. The van der Waals surface area contributed by atoms with E-state index in [0.717, 1.165) is 5.69 Å². The van der Waals surface area contributed by atoms with Crippen LogP contribution < -0.4 is 0 Å². The topological polar surface area (TPSA) is 28.7 Å². The van der Waals surface area contributed by atoms with Crippen LogP contribution in [0.3, 0.4) is 0 Å². The first-order valence-corrected chi connectivity index (χ1v) is 3.55. The van der Waals surface area contributed by atoms with Gasteiger partial charge in [0.1, 0.15) is 0 Å². The summed E-state index contributed by atoms with van der Waals surface area (Å²) in [4.78, 5) is 0. The minimum atomic E-state index is 0. The Hall–Kier alpha value is -1.05. The molecule has 0 saturated carbocycles. The number of nitrogens with one attached hydrogen (secondary N) is 1. The highest BCUT2D eigenvalue weighted by Gasteiger charge is 1.79. The molecule has 0 aliphatic rings. The van der Waals surface area contributed by atoms with Crippen molar-refractivity contribution in [3.8, 4) is 0 Å². The fourth-order valence-corrected chi connectivity index (χ4v) is 0.539. The Morgan fingerprint density at radius 2 is 2.09 bits per heavy atom.